The smallest absolute Gasteiger partial charge is 0.263 e. The van der Waals surface area contributed by atoms with Crippen LogP contribution in [0.3, 0.4) is 0 Å². The van der Waals surface area contributed by atoms with Gasteiger partial charge in [-0.1, -0.05) is 11.6 Å². The second-order valence-electron chi connectivity index (χ2n) is 5.60. The fourth-order valence-corrected chi connectivity index (χ4v) is 4.14. The maximum atomic E-state index is 13.4. The zero-order valence-electron chi connectivity index (χ0n) is 14.9. The predicted octanol–water partition coefficient (Wildman–Crippen LogP) is 4.65. The molecule has 1 amide bonds. The number of hydrogen-bond acceptors (Lipinski definition) is 5. The first-order valence-electron chi connectivity index (χ1n) is 7.93. The van der Waals surface area contributed by atoms with Crippen LogP contribution in [0.5, 0.6) is 17.2 Å². The molecule has 2 aromatic carbocycles. The number of methoxy groups -OCH3 is 3. The molecule has 0 unspecified atom stereocenters. The number of amides is 1. The van der Waals surface area contributed by atoms with Crippen molar-refractivity contribution in [3.05, 3.63) is 51.6 Å². The van der Waals surface area contributed by atoms with Crippen molar-refractivity contribution in [3.63, 3.8) is 0 Å². The van der Waals surface area contributed by atoms with Gasteiger partial charge in [0.25, 0.3) is 5.91 Å². The van der Waals surface area contributed by atoms with Crippen LogP contribution in [0, 0.1) is 5.82 Å². The molecule has 0 spiro atoms. The fraction of sp³-hybridized carbons (Fsp3) is 0.211. The van der Waals surface area contributed by atoms with E-state index in [1.807, 2.05) is 0 Å². The molecule has 0 aliphatic rings. The standard InChI is InChI=1S/C19H17ClFNO4S/c1-24-13-6-10(7-14(25-2)17(13)26-3)9-22-19(23)18-16(20)12-5-4-11(21)8-15(12)27-18/h4-8H,9H2,1-3H3,(H,22,23). The maximum Gasteiger partial charge on any atom is 0.263 e. The number of thiophene rings is 1. The Labute approximate surface area is 164 Å². The first kappa shape index (κ1) is 19.3. The first-order valence-corrected chi connectivity index (χ1v) is 9.12. The summed E-state index contributed by atoms with van der Waals surface area (Å²) in [7, 11) is 4.57. The highest BCUT2D eigenvalue weighted by Crippen LogP contribution is 2.38. The van der Waals surface area contributed by atoms with E-state index in [1.165, 1.54) is 33.5 Å². The second-order valence-corrected chi connectivity index (χ2v) is 7.03. The average molecular weight is 410 g/mol. The number of fused-ring (bicyclic) bond motifs is 1. The van der Waals surface area contributed by atoms with E-state index in [2.05, 4.69) is 5.32 Å². The summed E-state index contributed by atoms with van der Waals surface area (Å²) in [4.78, 5) is 12.9. The number of hydrogen-bond donors (Lipinski definition) is 1. The van der Waals surface area contributed by atoms with Gasteiger partial charge in [-0.25, -0.2) is 4.39 Å². The zero-order valence-corrected chi connectivity index (χ0v) is 16.5. The zero-order chi connectivity index (χ0) is 19.6. The highest BCUT2D eigenvalue weighted by molar-refractivity contribution is 7.21. The quantitative estimate of drug-likeness (QED) is 0.643. The molecule has 0 saturated heterocycles. The third-order valence-electron chi connectivity index (χ3n) is 3.98. The third kappa shape index (κ3) is 3.79. The number of nitrogens with one attached hydrogen (secondary N) is 1. The number of carbonyl (C=O) groups is 1. The Morgan fingerprint density at radius 1 is 1.11 bits per heavy atom. The van der Waals surface area contributed by atoms with E-state index < -0.39 is 0 Å². The molecule has 142 valence electrons. The molecule has 1 aromatic heterocycles. The van der Waals surface area contributed by atoms with Crippen LogP contribution in [0.2, 0.25) is 5.02 Å². The molecule has 0 atom stereocenters. The normalized spacial score (nSPS) is 10.7. The van der Waals surface area contributed by atoms with E-state index in [-0.39, 0.29) is 18.3 Å². The molecular weight excluding hydrogens is 393 g/mol. The lowest BCUT2D eigenvalue weighted by molar-refractivity contribution is 0.0955. The Hall–Kier alpha value is -2.51. The van der Waals surface area contributed by atoms with Gasteiger partial charge < -0.3 is 19.5 Å². The summed E-state index contributed by atoms with van der Waals surface area (Å²) in [6.45, 7) is 0.231. The van der Waals surface area contributed by atoms with Crippen molar-refractivity contribution in [2.75, 3.05) is 21.3 Å². The Balaban J connectivity index is 1.83. The van der Waals surface area contributed by atoms with Gasteiger partial charge in [0.1, 0.15) is 10.7 Å². The van der Waals surface area contributed by atoms with Gasteiger partial charge in [0.2, 0.25) is 5.75 Å². The number of ether oxygens (including phenoxy) is 3. The Bertz CT molecular complexity index is 980. The minimum atomic E-state index is -0.371. The van der Waals surface area contributed by atoms with Gasteiger partial charge in [-0.15, -0.1) is 11.3 Å². The molecule has 27 heavy (non-hydrogen) atoms. The summed E-state index contributed by atoms with van der Waals surface area (Å²) in [6.07, 6.45) is 0. The topological polar surface area (TPSA) is 56.8 Å². The lowest BCUT2D eigenvalue weighted by Gasteiger charge is -2.14. The molecule has 5 nitrogen and oxygen atoms in total. The largest absolute Gasteiger partial charge is 0.493 e. The van der Waals surface area contributed by atoms with E-state index in [1.54, 1.807) is 18.2 Å². The average Bonchev–Trinajstić information content (AvgIpc) is 3.00. The van der Waals surface area contributed by atoms with Crippen molar-refractivity contribution in [1.29, 1.82) is 0 Å². The predicted molar refractivity (Wildman–Crippen MR) is 104 cm³/mol. The minimum Gasteiger partial charge on any atom is -0.493 e. The van der Waals surface area contributed by atoms with Crippen LogP contribution in [0.25, 0.3) is 10.1 Å². The molecular formula is C19H17ClFNO4S. The molecule has 0 radical (unpaired) electrons. The van der Waals surface area contributed by atoms with E-state index in [9.17, 15) is 9.18 Å². The summed E-state index contributed by atoms with van der Waals surface area (Å²) in [5.74, 6) is 0.762. The summed E-state index contributed by atoms with van der Waals surface area (Å²) >= 11 is 7.44. The lowest BCUT2D eigenvalue weighted by atomic mass is 10.1. The summed E-state index contributed by atoms with van der Waals surface area (Å²) < 4.78 is 29.9. The van der Waals surface area contributed by atoms with E-state index in [0.29, 0.717) is 37.2 Å². The van der Waals surface area contributed by atoms with Gasteiger partial charge >= 0.3 is 0 Å². The van der Waals surface area contributed by atoms with Crippen molar-refractivity contribution < 1.29 is 23.4 Å². The molecule has 0 aliphatic carbocycles. The molecule has 1 N–H and O–H groups in total. The second kappa shape index (κ2) is 8.02. The van der Waals surface area contributed by atoms with Crippen LogP contribution in [-0.2, 0) is 6.54 Å². The molecule has 0 aliphatic heterocycles. The van der Waals surface area contributed by atoms with Crippen molar-refractivity contribution >= 4 is 38.9 Å². The molecule has 3 aromatic rings. The summed E-state index contributed by atoms with van der Waals surface area (Å²) in [6, 6.07) is 7.76. The number of halogens is 2. The number of benzene rings is 2. The van der Waals surface area contributed by atoms with Crippen LogP contribution in [0.15, 0.2) is 30.3 Å². The summed E-state index contributed by atoms with van der Waals surface area (Å²) in [5.41, 5.74) is 0.765. The Morgan fingerprint density at radius 2 is 1.78 bits per heavy atom. The molecule has 1 heterocycles. The van der Waals surface area contributed by atoms with Crippen LogP contribution in [0.4, 0.5) is 4.39 Å². The number of carbonyl (C=O) groups excluding carboxylic acids is 1. The van der Waals surface area contributed by atoms with E-state index >= 15 is 0 Å². The first-order chi connectivity index (χ1) is 13.0. The van der Waals surface area contributed by atoms with Crippen molar-refractivity contribution in [2.45, 2.75) is 6.54 Å². The molecule has 0 fully saturated rings. The van der Waals surface area contributed by atoms with Crippen LogP contribution >= 0.6 is 22.9 Å². The van der Waals surface area contributed by atoms with Crippen LogP contribution in [0.1, 0.15) is 15.2 Å². The van der Waals surface area contributed by atoms with Crippen LogP contribution < -0.4 is 19.5 Å². The molecule has 0 bridgehead atoms. The minimum absolute atomic E-state index is 0.231. The fourth-order valence-electron chi connectivity index (χ4n) is 2.69. The van der Waals surface area contributed by atoms with Gasteiger partial charge in [0, 0.05) is 16.6 Å². The molecule has 0 saturated carbocycles. The molecule has 8 heteroatoms. The maximum absolute atomic E-state index is 13.4. The monoisotopic (exact) mass is 409 g/mol. The van der Waals surface area contributed by atoms with Gasteiger partial charge in [0.05, 0.1) is 26.4 Å². The Morgan fingerprint density at radius 3 is 2.37 bits per heavy atom. The van der Waals surface area contributed by atoms with E-state index in [4.69, 9.17) is 25.8 Å². The van der Waals surface area contributed by atoms with Crippen LogP contribution in [-0.4, -0.2) is 27.2 Å². The highest BCUT2D eigenvalue weighted by Gasteiger charge is 2.18. The van der Waals surface area contributed by atoms with Gasteiger partial charge in [-0.05, 0) is 35.9 Å². The van der Waals surface area contributed by atoms with Gasteiger partial charge in [-0.3, -0.25) is 4.79 Å². The van der Waals surface area contributed by atoms with Gasteiger partial charge in [-0.2, -0.15) is 0 Å². The summed E-state index contributed by atoms with van der Waals surface area (Å²) in [5, 5.41) is 3.78. The Kier molecular flexibility index (Phi) is 5.72. The lowest BCUT2D eigenvalue weighted by Crippen LogP contribution is -2.22. The van der Waals surface area contributed by atoms with Crippen molar-refractivity contribution in [2.24, 2.45) is 0 Å². The van der Waals surface area contributed by atoms with Gasteiger partial charge in [0.15, 0.2) is 11.5 Å². The van der Waals surface area contributed by atoms with Crippen molar-refractivity contribution in [1.82, 2.24) is 5.32 Å². The highest BCUT2D eigenvalue weighted by atomic mass is 35.5. The van der Waals surface area contributed by atoms with Crippen molar-refractivity contribution in [3.8, 4) is 17.2 Å². The third-order valence-corrected chi connectivity index (χ3v) is 5.63. The SMILES string of the molecule is COc1cc(CNC(=O)c2sc3cc(F)ccc3c2Cl)cc(OC)c1OC. The molecule has 3 rings (SSSR count). The van der Waals surface area contributed by atoms with E-state index in [0.717, 1.165) is 16.9 Å². The number of rotatable bonds is 6.